The lowest BCUT2D eigenvalue weighted by Crippen LogP contribution is -2.13. The number of nitro benzene ring substituents is 1. The van der Waals surface area contributed by atoms with Gasteiger partial charge >= 0.3 is 6.18 Å². The van der Waals surface area contributed by atoms with Gasteiger partial charge in [0.1, 0.15) is 0 Å². The van der Waals surface area contributed by atoms with Gasteiger partial charge in [-0.3, -0.25) is 10.1 Å². The van der Waals surface area contributed by atoms with Gasteiger partial charge < -0.3 is 10.1 Å². The average molecular weight is 316 g/mol. The van der Waals surface area contributed by atoms with E-state index in [0.29, 0.717) is 32.2 Å². The van der Waals surface area contributed by atoms with E-state index in [1.807, 2.05) is 6.08 Å². The van der Waals surface area contributed by atoms with Crippen LogP contribution in [0.2, 0.25) is 0 Å². The van der Waals surface area contributed by atoms with E-state index >= 15 is 0 Å². The number of benzene rings is 1. The monoisotopic (exact) mass is 316 g/mol. The molecule has 1 aliphatic heterocycles. The summed E-state index contributed by atoms with van der Waals surface area (Å²) in [6.07, 6.45) is -1.34. The molecule has 1 aromatic carbocycles. The molecule has 0 aromatic heterocycles. The summed E-state index contributed by atoms with van der Waals surface area (Å²) in [7, 11) is 0. The van der Waals surface area contributed by atoms with Gasteiger partial charge in [0.15, 0.2) is 0 Å². The summed E-state index contributed by atoms with van der Waals surface area (Å²) >= 11 is 0. The summed E-state index contributed by atoms with van der Waals surface area (Å²) in [5, 5.41) is 13.3. The number of hydrogen-bond donors (Lipinski definition) is 1. The summed E-state index contributed by atoms with van der Waals surface area (Å²) in [5.74, 6) is 0. The smallest absolute Gasteiger partial charge is 0.384 e. The maximum Gasteiger partial charge on any atom is 0.418 e. The zero-order valence-electron chi connectivity index (χ0n) is 11.7. The Morgan fingerprint density at radius 1 is 1.36 bits per heavy atom. The van der Waals surface area contributed by atoms with Crippen LogP contribution < -0.4 is 5.32 Å². The maximum atomic E-state index is 13.0. The molecule has 8 heteroatoms. The number of alkyl halides is 3. The van der Waals surface area contributed by atoms with Crippen molar-refractivity contribution in [1.82, 2.24) is 0 Å². The van der Waals surface area contributed by atoms with E-state index in [4.69, 9.17) is 4.74 Å². The predicted molar refractivity (Wildman–Crippen MR) is 74.7 cm³/mol. The van der Waals surface area contributed by atoms with Gasteiger partial charge in [0, 0.05) is 24.4 Å². The van der Waals surface area contributed by atoms with Gasteiger partial charge in [-0.25, -0.2) is 0 Å². The first kappa shape index (κ1) is 16.3. The number of hydrogen-bond acceptors (Lipinski definition) is 4. The van der Waals surface area contributed by atoms with Crippen LogP contribution in [-0.4, -0.2) is 24.7 Å². The molecule has 1 aromatic rings. The lowest BCUT2D eigenvalue weighted by molar-refractivity contribution is -0.385. The highest BCUT2D eigenvalue weighted by Crippen LogP contribution is 2.37. The van der Waals surface area contributed by atoms with Crippen LogP contribution in [0.3, 0.4) is 0 Å². The van der Waals surface area contributed by atoms with Crippen molar-refractivity contribution in [3.8, 4) is 0 Å². The van der Waals surface area contributed by atoms with Gasteiger partial charge in [0.05, 0.1) is 23.7 Å². The minimum Gasteiger partial charge on any atom is -0.384 e. The fourth-order valence-corrected chi connectivity index (χ4v) is 2.18. The minimum atomic E-state index is -4.65. The standard InChI is InChI=1S/C14H15F3N2O3/c15-14(16,17)12-9-11(19(20)21)1-2-13(12)18-6-3-10-4-7-22-8-5-10/h1-2,4,9,18H,3,5-8H2. The Labute approximate surface area is 124 Å². The van der Waals surface area contributed by atoms with E-state index in [2.05, 4.69) is 5.32 Å². The number of non-ortho nitro benzene ring substituents is 1. The number of anilines is 1. The number of nitro groups is 1. The van der Waals surface area contributed by atoms with Crippen molar-refractivity contribution >= 4 is 11.4 Å². The van der Waals surface area contributed by atoms with Gasteiger partial charge in [-0.05, 0) is 18.9 Å². The highest BCUT2D eigenvalue weighted by molar-refractivity contribution is 5.57. The molecule has 1 heterocycles. The second-order valence-electron chi connectivity index (χ2n) is 4.85. The molecule has 22 heavy (non-hydrogen) atoms. The second-order valence-corrected chi connectivity index (χ2v) is 4.85. The summed E-state index contributed by atoms with van der Waals surface area (Å²) in [6.45, 7) is 1.48. The fraction of sp³-hybridized carbons (Fsp3) is 0.429. The Morgan fingerprint density at radius 3 is 2.73 bits per heavy atom. The van der Waals surface area contributed by atoms with E-state index in [1.54, 1.807) is 0 Å². The number of rotatable bonds is 5. The summed E-state index contributed by atoms with van der Waals surface area (Å²) < 4.78 is 44.1. The topological polar surface area (TPSA) is 64.4 Å². The first-order chi connectivity index (χ1) is 10.4. The average Bonchev–Trinajstić information content (AvgIpc) is 2.47. The molecule has 2 rings (SSSR count). The van der Waals surface area contributed by atoms with E-state index < -0.39 is 22.4 Å². The number of ether oxygens (including phenoxy) is 1. The van der Waals surface area contributed by atoms with E-state index in [-0.39, 0.29) is 5.69 Å². The normalized spacial score (nSPS) is 15.3. The third-order valence-corrected chi connectivity index (χ3v) is 3.34. The Kier molecular flexibility index (Phi) is 5.02. The molecule has 1 N–H and O–H groups in total. The molecule has 0 spiro atoms. The Bertz CT molecular complexity index is 585. The molecule has 0 amide bonds. The summed E-state index contributed by atoms with van der Waals surface area (Å²) in [4.78, 5) is 9.77. The molecule has 0 atom stereocenters. The molecule has 0 aliphatic carbocycles. The van der Waals surface area contributed by atoms with Crippen LogP contribution in [-0.2, 0) is 10.9 Å². The number of halogens is 3. The lowest BCUT2D eigenvalue weighted by Gasteiger charge is -2.16. The lowest BCUT2D eigenvalue weighted by atomic mass is 10.1. The molecule has 0 unspecified atom stereocenters. The van der Waals surface area contributed by atoms with Gasteiger partial charge in [0.2, 0.25) is 0 Å². The van der Waals surface area contributed by atoms with Crippen molar-refractivity contribution in [2.45, 2.75) is 19.0 Å². The van der Waals surface area contributed by atoms with Gasteiger partial charge in [-0.2, -0.15) is 13.2 Å². The summed E-state index contributed by atoms with van der Waals surface area (Å²) in [5.41, 5.74) is -0.618. The minimum absolute atomic E-state index is 0.147. The molecule has 0 saturated heterocycles. The van der Waals surface area contributed by atoms with Crippen molar-refractivity contribution in [2.75, 3.05) is 25.1 Å². The highest BCUT2D eigenvalue weighted by Gasteiger charge is 2.35. The van der Waals surface area contributed by atoms with Gasteiger partial charge in [0.25, 0.3) is 5.69 Å². The van der Waals surface area contributed by atoms with Crippen LogP contribution in [0.15, 0.2) is 29.8 Å². The maximum absolute atomic E-state index is 13.0. The van der Waals surface area contributed by atoms with Crippen LogP contribution in [0.5, 0.6) is 0 Å². The van der Waals surface area contributed by atoms with Crippen LogP contribution in [0.1, 0.15) is 18.4 Å². The van der Waals surface area contributed by atoms with Crippen LogP contribution in [0, 0.1) is 10.1 Å². The van der Waals surface area contributed by atoms with Crippen LogP contribution in [0.4, 0.5) is 24.5 Å². The Balaban J connectivity index is 2.09. The first-order valence-electron chi connectivity index (χ1n) is 6.73. The summed E-state index contributed by atoms with van der Waals surface area (Å²) in [6, 6.07) is 2.71. The van der Waals surface area contributed by atoms with E-state index in [0.717, 1.165) is 24.1 Å². The molecule has 0 fully saturated rings. The number of nitrogens with zero attached hydrogens (tertiary/aromatic N) is 1. The zero-order chi connectivity index (χ0) is 16.2. The number of nitrogens with one attached hydrogen (secondary N) is 1. The van der Waals surface area contributed by atoms with Crippen molar-refractivity contribution in [1.29, 1.82) is 0 Å². The van der Waals surface area contributed by atoms with Crippen molar-refractivity contribution in [3.63, 3.8) is 0 Å². The largest absolute Gasteiger partial charge is 0.418 e. The Morgan fingerprint density at radius 2 is 2.14 bits per heavy atom. The SMILES string of the molecule is O=[N+]([O-])c1ccc(NCCC2=CCOCC2)c(C(F)(F)F)c1. The van der Waals surface area contributed by atoms with Gasteiger partial charge in [-0.15, -0.1) is 0 Å². The predicted octanol–water partition coefficient (Wildman–Crippen LogP) is 3.76. The molecule has 5 nitrogen and oxygen atoms in total. The van der Waals surface area contributed by atoms with Crippen molar-refractivity contribution in [3.05, 3.63) is 45.5 Å². The fourth-order valence-electron chi connectivity index (χ4n) is 2.18. The third-order valence-electron chi connectivity index (χ3n) is 3.34. The quantitative estimate of drug-likeness (QED) is 0.510. The molecule has 1 aliphatic rings. The Hall–Kier alpha value is -2.09. The van der Waals surface area contributed by atoms with Crippen molar-refractivity contribution < 1.29 is 22.8 Å². The van der Waals surface area contributed by atoms with E-state index in [9.17, 15) is 23.3 Å². The molecule has 0 radical (unpaired) electrons. The van der Waals surface area contributed by atoms with Gasteiger partial charge in [-0.1, -0.05) is 11.6 Å². The molecule has 0 bridgehead atoms. The van der Waals surface area contributed by atoms with Crippen molar-refractivity contribution in [2.24, 2.45) is 0 Å². The first-order valence-corrected chi connectivity index (χ1v) is 6.73. The van der Waals surface area contributed by atoms with E-state index in [1.165, 1.54) is 0 Å². The van der Waals surface area contributed by atoms with Crippen LogP contribution >= 0.6 is 0 Å². The molecule has 0 saturated carbocycles. The molecule has 120 valence electrons. The highest BCUT2D eigenvalue weighted by atomic mass is 19.4. The third kappa shape index (κ3) is 4.20. The molecular weight excluding hydrogens is 301 g/mol. The molecular formula is C14H15F3N2O3. The zero-order valence-corrected chi connectivity index (χ0v) is 11.7. The van der Waals surface area contributed by atoms with Crippen LogP contribution in [0.25, 0.3) is 0 Å². The second kappa shape index (κ2) is 6.78.